The molecule has 0 unspecified atom stereocenters. The van der Waals surface area contributed by atoms with E-state index in [1.807, 2.05) is 24.3 Å². The van der Waals surface area contributed by atoms with Crippen LogP contribution < -0.4 is 0 Å². The van der Waals surface area contributed by atoms with E-state index >= 15 is 0 Å². The Morgan fingerprint density at radius 3 is 2.84 bits per heavy atom. The second kappa shape index (κ2) is 5.07. The van der Waals surface area contributed by atoms with E-state index < -0.39 is 6.10 Å². The summed E-state index contributed by atoms with van der Waals surface area (Å²) in [4.78, 5) is 7.67. The minimum Gasteiger partial charge on any atom is -0.389 e. The molecular weight excluding hydrogens is 256 g/mol. The number of nitrogens with one attached hydrogen (secondary N) is 1. The maximum Gasteiger partial charge on any atom is 0.102 e. The fourth-order valence-electron chi connectivity index (χ4n) is 1.95. The van der Waals surface area contributed by atoms with Crippen LogP contribution in [0.1, 0.15) is 18.6 Å². The number of rotatable bonds is 3. The molecule has 2 aromatic heterocycles. The number of H-pyrrole nitrogens is 1. The van der Waals surface area contributed by atoms with Crippen molar-refractivity contribution >= 4 is 22.7 Å². The van der Waals surface area contributed by atoms with Gasteiger partial charge in [0.05, 0.1) is 11.1 Å². The zero-order valence-electron chi connectivity index (χ0n) is 10.5. The van der Waals surface area contributed by atoms with Gasteiger partial charge in [0.1, 0.15) is 5.03 Å². The van der Waals surface area contributed by atoms with Gasteiger partial charge < -0.3 is 10.1 Å². The number of pyridine rings is 1. The highest BCUT2D eigenvalue weighted by Crippen LogP contribution is 2.29. The van der Waals surface area contributed by atoms with Crippen molar-refractivity contribution in [3.8, 4) is 0 Å². The van der Waals surface area contributed by atoms with Crippen LogP contribution in [0.5, 0.6) is 0 Å². The van der Waals surface area contributed by atoms with Gasteiger partial charge in [0.25, 0.3) is 0 Å². The van der Waals surface area contributed by atoms with E-state index in [9.17, 15) is 5.11 Å². The Morgan fingerprint density at radius 2 is 2.05 bits per heavy atom. The van der Waals surface area contributed by atoms with E-state index in [1.54, 1.807) is 24.9 Å². The third-order valence-electron chi connectivity index (χ3n) is 2.96. The number of aliphatic hydroxyl groups is 1. The molecule has 3 nitrogen and oxygen atoms in total. The first kappa shape index (κ1) is 12.3. The molecule has 3 rings (SSSR count). The third kappa shape index (κ3) is 2.64. The summed E-state index contributed by atoms with van der Waals surface area (Å²) < 4.78 is 0. The molecular formula is C15H14N2OS. The summed E-state index contributed by atoms with van der Waals surface area (Å²) in [5, 5.41) is 12.7. The normalized spacial score (nSPS) is 12.7. The van der Waals surface area contributed by atoms with Crippen LogP contribution in [0.25, 0.3) is 10.9 Å². The molecule has 0 aliphatic heterocycles. The first-order valence-corrected chi connectivity index (χ1v) is 6.93. The molecule has 4 heteroatoms. The molecule has 0 saturated heterocycles. The molecule has 2 N–H and O–H groups in total. The molecule has 0 amide bonds. The first-order valence-electron chi connectivity index (χ1n) is 6.12. The molecule has 1 aromatic carbocycles. The van der Waals surface area contributed by atoms with E-state index in [1.165, 1.54) is 5.39 Å². The number of hydrogen-bond donors (Lipinski definition) is 2. The monoisotopic (exact) mass is 270 g/mol. The predicted octanol–water partition coefficient (Wildman–Crippen LogP) is 3.77. The van der Waals surface area contributed by atoms with E-state index in [0.717, 1.165) is 21.1 Å². The van der Waals surface area contributed by atoms with Gasteiger partial charge in [-0.1, -0.05) is 30.0 Å². The lowest BCUT2D eigenvalue weighted by atomic mass is 10.2. The van der Waals surface area contributed by atoms with Crippen LogP contribution in [-0.2, 0) is 0 Å². The van der Waals surface area contributed by atoms with Crippen molar-refractivity contribution in [3.05, 3.63) is 54.2 Å². The van der Waals surface area contributed by atoms with Crippen LogP contribution in [0.2, 0.25) is 0 Å². The minimum atomic E-state index is -0.468. The summed E-state index contributed by atoms with van der Waals surface area (Å²) in [5.74, 6) is 0. The molecule has 0 spiro atoms. The van der Waals surface area contributed by atoms with Gasteiger partial charge in [-0.3, -0.25) is 0 Å². The minimum absolute atomic E-state index is 0.468. The molecule has 0 bridgehead atoms. The maximum atomic E-state index is 9.58. The van der Waals surface area contributed by atoms with Crippen LogP contribution in [0.15, 0.2) is 58.7 Å². The highest BCUT2D eigenvalue weighted by Gasteiger charge is 2.06. The maximum absolute atomic E-state index is 9.58. The van der Waals surface area contributed by atoms with Gasteiger partial charge in [-0.15, -0.1) is 0 Å². The average molecular weight is 270 g/mol. The van der Waals surface area contributed by atoms with E-state index in [2.05, 4.69) is 28.2 Å². The molecule has 19 heavy (non-hydrogen) atoms. The van der Waals surface area contributed by atoms with Gasteiger partial charge in [0.2, 0.25) is 0 Å². The summed E-state index contributed by atoms with van der Waals surface area (Å²) in [6.07, 6.45) is 1.26. The van der Waals surface area contributed by atoms with Gasteiger partial charge in [-0.25, -0.2) is 4.98 Å². The molecule has 0 fully saturated rings. The summed E-state index contributed by atoms with van der Waals surface area (Å²) in [6, 6.07) is 14.0. The summed E-state index contributed by atoms with van der Waals surface area (Å²) in [6.45, 7) is 1.76. The molecule has 96 valence electrons. The zero-order valence-corrected chi connectivity index (χ0v) is 11.3. The van der Waals surface area contributed by atoms with Crippen molar-refractivity contribution in [1.29, 1.82) is 0 Å². The number of aromatic amines is 1. The Bertz CT molecular complexity index is 673. The number of benzene rings is 1. The topological polar surface area (TPSA) is 48.9 Å². The van der Waals surface area contributed by atoms with Crippen molar-refractivity contribution in [3.63, 3.8) is 0 Å². The van der Waals surface area contributed by atoms with E-state index in [4.69, 9.17) is 0 Å². The van der Waals surface area contributed by atoms with Gasteiger partial charge in [0.15, 0.2) is 0 Å². The second-order valence-corrected chi connectivity index (χ2v) is 5.49. The van der Waals surface area contributed by atoms with Crippen molar-refractivity contribution < 1.29 is 5.11 Å². The summed E-state index contributed by atoms with van der Waals surface area (Å²) >= 11 is 1.57. The smallest absolute Gasteiger partial charge is 0.102 e. The summed E-state index contributed by atoms with van der Waals surface area (Å²) in [5.41, 5.74) is 2.00. The largest absolute Gasteiger partial charge is 0.389 e. The number of aliphatic hydroxyl groups excluding tert-OH is 1. The number of hydrogen-bond acceptors (Lipinski definition) is 3. The number of nitrogens with zero attached hydrogens (tertiary/aromatic N) is 1. The summed E-state index contributed by atoms with van der Waals surface area (Å²) in [7, 11) is 0. The lowest BCUT2D eigenvalue weighted by molar-refractivity contribution is 0.199. The molecule has 0 aliphatic rings. The molecule has 1 atom stereocenters. The van der Waals surface area contributed by atoms with Crippen molar-refractivity contribution in [2.75, 3.05) is 0 Å². The highest BCUT2D eigenvalue weighted by atomic mass is 32.2. The van der Waals surface area contributed by atoms with Crippen LogP contribution in [0.3, 0.4) is 0 Å². The Hall–Kier alpha value is -1.78. The van der Waals surface area contributed by atoms with Crippen LogP contribution in [-0.4, -0.2) is 15.1 Å². The van der Waals surface area contributed by atoms with Crippen LogP contribution in [0, 0.1) is 0 Å². The molecule has 2 heterocycles. The Kier molecular flexibility index (Phi) is 3.27. The lowest BCUT2D eigenvalue weighted by Crippen LogP contribution is -1.92. The van der Waals surface area contributed by atoms with Gasteiger partial charge in [-0.05, 0) is 36.8 Å². The van der Waals surface area contributed by atoms with E-state index in [-0.39, 0.29) is 0 Å². The van der Waals surface area contributed by atoms with Crippen molar-refractivity contribution in [2.24, 2.45) is 0 Å². The van der Waals surface area contributed by atoms with E-state index in [0.29, 0.717) is 0 Å². The molecule has 0 aliphatic carbocycles. The second-order valence-electron chi connectivity index (χ2n) is 4.43. The number of fused-ring (bicyclic) bond motifs is 1. The average Bonchev–Trinajstić information content (AvgIpc) is 2.81. The van der Waals surface area contributed by atoms with Crippen LogP contribution >= 0.6 is 11.8 Å². The van der Waals surface area contributed by atoms with Gasteiger partial charge in [0, 0.05) is 17.1 Å². The fraction of sp³-hybridized carbons (Fsp3) is 0.133. The molecule has 0 radical (unpaired) electrons. The zero-order chi connectivity index (χ0) is 13.2. The SMILES string of the molecule is C[C@@H](O)c1ccnc(Sc2cc3ccccc3[nH]2)c1. The Morgan fingerprint density at radius 1 is 1.21 bits per heavy atom. The third-order valence-corrected chi connectivity index (χ3v) is 3.83. The molecule has 3 aromatic rings. The van der Waals surface area contributed by atoms with Crippen molar-refractivity contribution in [2.45, 2.75) is 23.1 Å². The lowest BCUT2D eigenvalue weighted by Gasteiger charge is -2.05. The standard InChI is InChI=1S/C15H14N2OS/c1-10(18)11-6-7-16-14(8-11)19-15-9-12-4-2-3-5-13(12)17-15/h2-10,17-18H,1H3/t10-/m1/s1. The van der Waals surface area contributed by atoms with Crippen molar-refractivity contribution in [1.82, 2.24) is 9.97 Å². The predicted molar refractivity (Wildman–Crippen MR) is 77.3 cm³/mol. The molecule has 0 saturated carbocycles. The Balaban J connectivity index is 1.90. The fourth-order valence-corrected chi connectivity index (χ4v) is 2.84. The van der Waals surface area contributed by atoms with Crippen LogP contribution in [0.4, 0.5) is 0 Å². The number of aromatic nitrogens is 2. The Labute approximate surface area is 115 Å². The number of para-hydroxylation sites is 1. The highest BCUT2D eigenvalue weighted by molar-refractivity contribution is 7.99. The van der Waals surface area contributed by atoms with Gasteiger partial charge in [-0.2, -0.15) is 0 Å². The van der Waals surface area contributed by atoms with Gasteiger partial charge >= 0.3 is 0 Å². The first-order chi connectivity index (χ1) is 9.22. The quantitative estimate of drug-likeness (QED) is 0.761.